The lowest BCUT2D eigenvalue weighted by molar-refractivity contribution is -0.117. The zero-order valence-corrected chi connectivity index (χ0v) is 12.9. The van der Waals surface area contributed by atoms with E-state index < -0.39 is 0 Å². The van der Waals surface area contributed by atoms with Gasteiger partial charge in [-0.3, -0.25) is 9.59 Å². The normalized spacial score (nSPS) is 19.0. The third kappa shape index (κ3) is 3.47. The summed E-state index contributed by atoms with van der Waals surface area (Å²) >= 11 is 0. The van der Waals surface area contributed by atoms with Crippen LogP contribution in [0.25, 0.3) is 0 Å². The SMILES string of the molecule is COC1CCN(C(=O)c2cccc(NC(=O)C3CC3)c2)CC1. The average Bonchev–Trinajstić information content (AvgIpc) is 3.39. The molecule has 1 heterocycles. The highest BCUT2D eigenvalue weighted by Gasteiger charge is 2.29. The van der Waals surface area contributed by atoms with Crippen molar-refractivity contribution in [3.05, 3.63) is 29.8 Å². The van der Waals surface area contributed by atoms with Gasteiger partial charge in [0.1, 0.15) is 0 Å². The van der Waals surface area contributed by atoms with Gasteiger partial charge in [0.15, 0.2) is 0 Å². The molecular weight excluding hydrogens is 280 g/mol. The van der Waals surface area contributed by atoms with Crippen molar-refractivity contribution in [3.63, 3.8) is 0 Å². The Bertz CT molecular complexity index is 561. The van der Waals surface area contributed by atoms with Crippen molar-refractivity contribution in [2.45, 2.75) is 31.8 Å². The van der Waals surface area contributed by atoms with E-state index in [4.69, 9.17) is 4.74 Å². The van der Waals surface area contributed by atoms with Gasteiger partial charge in [0.25, 0.3) is 5.91 Å². The molecule has 1 aromatic carbocycles. The molecule has 0 unspecified atom stereocenters. The molecule has 1 aromatic rings. The molecule has 2 fully saturated rings. The number of nitrogens with zero attached hydrogens (tertiary/aromatic N) is 1. The maximum absolute atomic E-state index is 12.6. The highest BCUT2D eigenvalue weighted by molar-refractivity contribution is 5.98. The summed E-state index contributed by atoms with van der Waals surface area (Å²) in [6.45, 7) is 1.44. The van der Waals surface area contributed by atoms with E-state index in [0.717, 1.165) is 38.8 Å². The van der Waals surface area contributed by atoms with Gasteiger partial charge in [0.2, 0.25) is 5.91 Å². The van der Waals surface area contributed by atoms with Crippen LogP contribution in [0.4, 0.5) is 5.69 Å². The first kappa shape index (κ1) is 15.0. The molecule has 118 valence electrons. The number of methoxy groups -OCH3 is 1. The summed E-state index contributed by atoms with van der Waals surface area (Å²) in [6, 6.07) is 7.22. The van der Waals surface area contributed by atoms with E-state index in [1.807, 2.05) is 17.0 Å². The molecule has 0 atom stereocenters. The number of benzene rings is 1. The standard InChI is InChI=1S/C17H22N2O3/c1-22-15-7-9-19(10-8-15)17(21)13-3-2-4-14(11-13)18-16(20)12-5-6-12/h2-4,11-12,15H,5-10H2,1H3,(H,18,20). The topological polar surface area (TPSA) is 58.6 Å². The summed E-state index contributed by atoms with van der Waals surface area (Å²) in [5.74, 6) is 0.245. The van der Waals surface area contributed by atoms with Crippen LogP contribution in [-0.4, -0.2) is 43.0 Å². The molecule has 22 heavy (non-hydrogen) atoms. The number of piperidine rings is 1. The number of carbonyl (C=O) groups is 2. The first-order valence-corrected chi connectivity index (χ1v) is 7.90. The lowest BCUT2D eigenvalue weighted by Crippen LogP contribution is -2.40. The van der Waals surface area contributed by atoms with Crippen molar-refractivity contribution < 1.29 is 14.3 Å². The quantitative estimate of drug-likeness (QED) is 0.928. The number of rotatable bonds is 4. The Morgan fingerprint density at radius 2 is 1.91 bits per heavy atom. The van der Waals surface area contributed by atoms with Crippen LogP contribution in [0.5, 0.6) is 0 Å². The third-order valence-corrected chi connectivity index (χ3v) is 4.39. The molecule has 2 amide bonds. The number of hydrogen-bond donors (Lipinski definition) is 1. The van der Waals surface area contributed by atoms with E-state index in [-0.39, 0.29) is 23.8 Å². The molecule has 2 aliphatic rings. The number of carbonyl (C=O) groups excluding carboxylic acids is 2. The predicted octanol–water partition coefficient (Wildman–Crippen LogP) is 2.29. The van der Waals surface area contributed by atoms with E-state index in [0.29, 0.717) is 11.3 Å². The first-order valence-electron chi connectivity index (χ1n) is 7.90. The first-order chi connectivity index (χ1) is 10.7. The van der Waals surface area contributed by atoms with Gasteiger partial charge >= 0.3 is 0 Å². The van der Waals surface area contributed by atoms with Crippen LogP contribution in [0.3, 0.4) is 0 Å². The van der Waals surface area contributed by atoms with Crippen molar-refractivity contribution in [1.82, 2.24) is 4.90 Å². The molecule has 5 nitrogen and oxygen atoms in total. The predicted molar refractivity (Wildman–Crippen MR) is 83.7 cm³/mol. The maximum Gasteiger partial charge on any atom is 0.253 e. The van der Waals surface area contributed by atoms with Gasteiger partial charge in [-0.05, 0) is 43.9 Å². The summed E-state index contributed by atoms with van der Waals surface area (Å²) in [6.07, 6.45) is 3.95. The van der Waals surface area contributed by atoms with Crippen molar-refractivity contribution in [2.75, 3.05) is 25.5 Å². The van der Waals surface area contributed by atoms with E-state index in [2.05, 4.69) is 5.32 Å². The summed E-state index contributed by atoms with van der Waals surface area (Å²) < 4.78 is 5.33. The minimum absolute atomic E-state index is 0.0251. The van der Waals surface area contributed by atoms with E-state index in [9.17, 15) is 9.59 Å². The number of hydrogen-bond acceptors (Lipinski definition) is 3. The van der Waals surface area contributed by atoms with Gasteiger partial charge in [-0.25, -0.2) is 0 Å². The lowest BCUT2D eigenvalue weighted by atomic mass is 10.1. The number of ether oxygens (including phenoxy) is 1. The Kier molecular flexibility index (Phi) is 4.43. The number of nitrogens with one attached hydrogen (secondary N) is 1. The molecule has 3 rings (SSSR count). The summed E-state index contributed by atoms with van der Waals surface area (Å²) in [5, 5.41) is 2.89. The fourth-order valence-corrected chi connectivity index (χ4v) is 2.80. The number of amides is 2. The van der Waals surface area contributed by atoms with Crippen LogP contribution in [-0.2, 0) is 9.53 Å². The minimum atomic E-state index is 0.0251. The second-order valence-corrected chi connectivity index (χ2v) is 6.07. The van der Waals surface area contributed by atoms with Gasteiger partial charge in [0, 0.05) is 37.4 Å². The Labute approximate surface area is 130 Å². The number of likely N-dealkylation sites (tertiary alicyclic amines) is 1. The van der Waals surface area contributed by atoms with Crippen LogP contribution < -0.4 is 5.32 Å². The molecule has 0 radical (unpaired) electrons. The van der Waals surface area contributed by atoms with Crippen LogP contribution >= 0.6 is 0 Å². The van der Waals surface area contributed by atoms with Gasteiger partial charge in [-0.2, -0.15) is 0 Å². The van der Waals surface area contributed by atoms with Crippen molar-refractivity contribution >= 4 is 17.5 Å². The molecule has 1 aliphatic carbocycles. The number of anilines is 1. The molecule has 0 bridgehead atoms. The average molecular weight is 302 g/mol. The zero-order chi connectivity index (χ0) is 15.5. The van der Waals surface area contributed by atoms with Crippen molar-refractivity contribution in [1.29, 1.82) is 0 Å². The van der Waals surface area contributed by atoms with Crippen molar-refractivity contribution in [3.8, 4) is 0 Å². The molecule has 1 saturated heterocycles. The monoisotopic (exact) mass is 302 g/mol. The van der Waals surface area contributed by atoms with Crippen molar-refractivity contribution in [2.24, 2.45) is 5.92 Å². The fraction of sp³-hybridized carbons (Fsp3) is 0.529. The highest BCUT2D eigenvalue weighted by atomic mass is 16.5. The Morgan fingerprint density at radius 3 is 2.55 bits per heavy atom. The Hall–Kier alpha value is -1.88. The molecule has 1 aliphatic heterocycles. The van der Waals surface area contributed by atoms with Gasteiger partial charge < -0.3 is 15.0 Å². The smallest absolute Gasteiger partial charge is 0.253 e. The van der Waals surface area contributed by atoms with Gasteiger partial charge in [-0.15, -0.1) is 0 Å². The van der Waals surface area contributed by atoms with E-state index >= 15 is 0 Å². The second-order valence-electron chi connectivity index (χ2n) is 6.07. The maximum atomic E-state index is 12.6. The summed E-state index contributed by atoms with van der Waals surface area (Å²) in [5.41, 5.74) is 1.33. The molecule has 0 spiro atoms. The molecule has 5 heteroatoms. The Balaban J connectivity index is 1.63. The van der Waals surface area contributed by atoms with Crippen LogP contribution in [0.15, 0.2) is 24.3 Å². The molecule has 1 N–H and O–H groups in total. The molecular formula is C17H22N2O3. The Morgan fingerprint density at radius 1 is 1.18 bits per heavy atom. The lowest BCUT2D eigenvalue weighted by Gasteiger charge is -2.31. The summed E-state index contributed by atoms with van der Waals surface area (Å²) in [4.78, 5) is 26.2. The largest absolute Gasteiger partial charge is 0.381 e. The highest BCUT2D eigenvalue weighted by Crippen LogP contribution is 2.30. The molecule has 0 aromatic heterocycles. The second kappa shape index (κ2) is 6.48. The van der Waals surface area contributed by atoms with E-state index in [1.54, 1.807) is 19.2 Å². The van der Waals surface area contributed by atoms with Crippen LogP contribution in [0, 0.1) is 5.92 Å². The summed E-state index contributed by atoms with van der Waals surface area (Å²) in [7, 11) is 1.72. The molecule has 1 saturated carbocycles. The minimum Gasteiger partial charge on any atom is -0.381 e. The zero-order valence-electron chi connectivity index (χ0n) is 12.9. The van der Waals surface area contributed by atoms with Crippen LogP contribution in [0.2, 0.25) is 0 Å². The fourth-order valence-electron chi connectivity index (χ4n) is 2.80. The van der Waals surface area contributed by atoms with Gasteiger partial charge in [-0.1, -0.05) is 6.07 Å². The van der Waals surface area contributed by atoms with Gasteiger partial charge in [0.05, 0.1) is 6.10 Å². The van der Waals surface area contributed by atoms with E-state index in [1.165, 1.54) is 0 Å². The third-order valence-electron chi connectivity index (χ3n) is 4.39. The van der Waals surface area contributed by atoms with Crippen LogP contribution in [0.1, 0.15) is 36.0 Å².